The molecule has 6 nitrogen and oxygen atoms in total. The van der Waals surface area contributed by atoms with Gasteiger partial charge in [0.1, 0.15) is 11.8 Å². The standard InChI is InChI=1S/C41H53ClN2O4/c1-30(2)26-32(4)48-25-24-36(27-34-17-10-7-11-18-34)43-41(46)38(29-35-22-23-39(47-5)37(42)28-35)44-40(45)19-13-12-14-31(3)20-21-33-15-8-6-9-16-33/h6-11,13,15-23,28,30-32,36,38H,12,14,24-27,29H2,1-5H3,(H,43,46)(H,44,45)/b19-13+,21-20+/t31-,32+,36-,38+/m0/s1. The molecule has 3 aromatic carbocycles. The lowest BCUT2D eigenvalue weighted by Crippen LogP contribution is -2.51. The van der Waals surface area contributed by atoms with Crippen molar-refractivity contribution in [2.45, 2.75) is 84.4 Å². The highest BCUT2D eigenvalue weighted by Gasteiger charge is 2.24. The third-order valence-corrected chi connectivity index (χ3v) is 8.40. The van der Waals surface area contributed by atoms with Gasteiger partial charge in [0, 0.05) is 19.1 Å². The lowest BCUT2D eigenvalue weighted by molar-refractivity contribution is -0.127. The summed E-state index contributed by atoms with van der Waals surface area (Å²) in [6.45, 7) is 9.14. The van der Waals surface area contributed by atoms with E-state index in [0.29, 0.717) is 42.1 Å². The number of amides is 2. The van der Waals surface area contributed by atoms with Gasteiger partial charge in [-0.2, -0.15) is 0 Å². The van der Waals surface area contributed by atoms with Gasteiger partial charge in [0.05, 0.1) is 18.2 Å². The Balaban J connectivity index is 1.68. The first-order valence-electron chi connectivity index (χ1n) is 17.1. The molecule has 48 heavy (non-hydrogen) atoms. The van der Waals surface area contributed by atoms with E-state index < -0.39 is 6.04 Å². The van der Waals surface area contributed by atoms with Crippen molar-refractivity contribution < 1.29 is 19.1 Å². The van der Waals surface area contributed by atoms with E-state index in [4.69, 9.17) is 21.1 Å². The molecule has 0 aliphatic rings. The van der Waals surface area contributed by atoms with Crippen LogP contribution in [-0.4, -0.2) is 43.7 Å². The SMILES string of the molecule is COc1ccc(C[C@@H](NC(=O)/C=C/CC[C@H](C)/C=C/c2ccccc2)C(=O)N[C@@H](CCO[C@H](C)CC(C)C)Cc2ccccc2)cc1Cl. The Morgan fingerprint density at radius 2 is 1.56 bits per heavy atom. The van der Waals surface area contributed by atoms with Gasteiger partial charge in [-0.1, -0.05) is 117 Å². The number of benzene rings is 3. The van der Waals surface area contributed by atoms with Gasteiger partial charge in [-0.05, 0) is 85.8 Å². The fourth-order valence-corrected chi connectivity index (χ4v) is 5.84. The first-order valence-corrected chi connectivity index (χ1v) is 17.5. The Bertz CT molecular complexity index is 1440. The van der Waals surface area contributed by atoms with Gasteiger partial charge in [0.15, 0.2) is 0 Å². The van der Waals surface area contributed by atoms with Crippen LogP contribution in [0, 0.1) is 11.8 Å². The molecular formula is C41H53ClN2O4. The third-order valence-electron chi connectivity index (χ3n) is 8.11. The molecule has 0 saturated carbocycles. The van der Waals surface area contributed by atoms with Gasteiger partial charge in [-0.25, -0.2) is 0 Å². The van der Waals surface area contributed by atoms with Gasteiger partial charge in [0.2, 0.25) is 11.8 Å². The zero-order valence-corrected chi connectivity index (χ0v) is 29.9. The predicted octanol–water partition coefficient (Wildman–Crippen LogP) is 8.63. The fraction of sp³-hybridized carbons (Fsp3) is 0.415. The molecule has 0 saturated heterocycles. The van der Waals surface area contributed by atoms with E-state index >= 15 is 0 Å². The van der Waals surface area contributed by atoms with Crippen molar-refractivity contribution >= 4 is 29.5 Å². The van der Waals surface area contributed by atoms with Crippen LogP contribution in [0.5, 0.6) is 5.75 Å². The summed E-state index contributed by atoms with van der Waals surface area (Å²) in [5.41, 5.74) is 3.10. The zero-order valence-electron chi connectivity index (χ0n) is 29.2. The third kappa shape index (κ3) is 14.9. The van der Waals surface area contributed by atoms with E-state index in [-0.39, 0.29) is 30.4 Å². The number of methoxy groups -OCH3 is 1. The summed E-state index contributed by atoms with van der Waals surface area (Å²) in [6.07, 6.45) is 12.0. The molecule has 0 aromatic heterocycles. The number of carbonyl (C=O) groups is 2. The minimum Gasteiger partial charge on any atom is -0.495 e. The number of nitrogens with one attached hydrogen (secondary N) is 2. The Kier molecular flexibility index (Phi) is 17.0. The lowest BCUT2D eigenvalue weighted by atomic mass is 10.0. The van der Waals surface area contributed by atoms with E-state index in [1.165, 1.54) is 11.6 Å². The Labute approximate surface area is 293 Å². The quantitative estimate of drug-likeness (QED) is 0.118. The Hall–Kier alpha value is -3.87. The van der Waals surface area contributed by atoms with Crippen LogP contribution in [0.3, 0.4) is 0 Å². The molecule has 0 spiro atoms. The van der Waals surface area contributed by atoms with Crippen LogP contribution in [-0.2, 0) is 27.2 Å². The number of carbonyl (C=O) groups excluding carboxylic acids is 2. The normalized spacial score (nSPS) is 14.1. The molecule has 4 atom stereocenters. The van der Waals surface area contributed by atoms with Crippen LogP contribution in [0.25, 0.3) is 6.08 Å². The van der Waals surface area contributed by atoms with Gasteiger partial charge in [-0.3, -0.25) is 9.59 Å². The van der Waals surface area contributed by atoms with Gasteiger partial charge in [0.25, 0.3) is 0 Å². The van der Waals surface area contributed by atoms with Crippen molar-refractivity contribution in [2.24, 2.45) is 11.8 Å². The highest BCUT2D eigenvalue weighted by atomic mass is 35.5. The van der Waals surface area contributed by atoms with Crippen molar-refractivity contribution in [2.75, 3.05) is 13.7 Å². The minimum atomic E-state index is -0.807. The van der Waals surface area contributed by atoms with Crippen LogP contribution < -0.4 is 15.4 Å². The predicted molar refractivity (Wildman–Crippen MR) is 198 cm³/mol. The minimum absolute atomic E-state index is 0.139. The number of halogens is 1. The molecule has 0 radical (unpaired) electrons. The maximum atomic E-state index is 13.9. The second-order valence-electron chi connectivity index (χ2n) is 13.0. The Morgan fingerprint density at radius 1 is 0.854 bits per heavy atom. The van der Waals surface area contributed by atoms with Crippen molar-refractivity contribution in [3.05, 3.63) is 119 Å². The molecule has 0 heterocycles. The van der Waals surface area contributed by atoms with Gasteiger partial charge < -0.3 is 20.1 Å². The average molecular weight is 673 g/mol. The van der Waals surface area contributed by atoms with Crippen molar-refractivity contribution in [1.29, 1.82) is 0 Å². The second kappa shape index (κ2) is 21.2. The molecule has 2 amide bonds. The molecular weight excluding hydrogens is 620 g/mol. The molecule has 0 unspecified atom stereocenters. The van der Waals surface area contributed by atoms with Crippen molar-refractivity contribution in [3.63, 3.8) is 0 Å². The highest BCUT2D eigenvalue weighted by Crippen LogP contribution is 2.25. The monoisotopic (exact) mass is 672 g/mol. The Morgan fingerprint density at radius 3 is 2.23 bits per heavy atom. The average Bonchev–Trinajstić information content (AvgIpc) is 3.06. The van der Waals surface area contributed by atoms with E-state index in [1.807, 2.05) is 48.5 Å². The van der Waals surface area contributed by atoms with Crippen molar-refractivity contribution in [1.82, 2.24) is 10.6 Å². The van der Waals surface area contributed by atoms with E-state index in [9.17, 15) is 9.59 Å². The first kappa shape index (κ1) is 38.6. The van der Waals surface area contributed by atoms with Crippen LogP contribution in [0.2, 0.25) is 5.02 Å². The number of hydrogen-bond acceptors (Lipinski definition) is 4. The summed E-state index contributed by atoms with van der Waals surface area (Å²) >= 11 is 6.41. The van der Waals surface area contributed by atoms with Crippen LogP contribution in [0.4, 0.5) is 0 Å². The first-order chi connectivity index (χ1) is 23.1. The molecule has 0 aliphatic heterocycles. The van der Waals surface area contributed by atoms with Crippen LogP contribution in [0.15, 0.2) is 97.1 Å². The number of rotatable bonds is 20. The fourth-order valence-electron chi connectivity index (χ4n) is 5.56. The summed E-state index contributed by atoms with van der Waals surface area (Å²) in [4.78, 5) is 27.0. The van der Waals surface area contributed by atoms with Gasteiger partial charge >= 0.3 is 0 Å². The number of hydrogen-bond donors (Lipinski definition) is 2. The molecule has 0 fully saturated rings. The molecule has 258 valence electrons. The van der Waals surface area contributed by atoms with E-state index in [2.05, 4.69) is 74.7 Å². The van der Waals surface area contributed by atoms with Crippen LogP contribution in [0.1, 0.15) is 70.1 Å². The smallest absolute Gasteiger partial charge is 0.244 e. The summed E-state index contributed by atoms with van der Waals surface area (Å²) in [7, 11) is 1.56. The largest absolute Gasteiger partial charge is 0.495 e. The van der Waals surface area contributed by atoms with E-state index in [0.717, 1.165) is 30.4 Å². The van der Waals surface area contributed by atoms with Gasteiger partial charge in [-0.15, -0.1) is 0 Å². The maximum Gasteiger partial charge on any atom is 0.244 e. The summed E-state index contributed by atoms with van der Waals surface area (Å²) in [5.74, 6) is 0.891. The molecule has 2 N–H and O–H groups in total. The molecule has 3 rings (SSSR count). The zero-order chi connectivity index (χ0) is 34.7. The van der Waals surface area contributed by atoms with Crippen molar-refractivity contribution in [3.8, 4) is 5.75 Å². The van der Waals surface area contributed by atoms with E-state index in [1.54, 1.807) is 19.2 Å². The second-order valence-corrected chi connectivity index (χ2v) is 13.4. The number of allylic oxidation sites excluding steroid dienone is 2. The molecule has 0 aliphatic carbocycles. The molecule has 3 aromatic rings. The topological polar surface area (TPSA) is 76.7 Å². The summed E-state index contributed by atoms with van der Waals surface area (Å²) < 4.78 is 11.4. The summed E-state index contributed by atoms with van der Waals surface area (Å²) in [5, 5.41) is 6.63. The number of ether oxygens (including phenoxy) is 2. The molecule has 7 heteroatoms. The summed E-state index contributed by atoms with van der Waals surface area (Å²) in [6, 6.07) is 24.7. The van der Waals surface area contributed by atoms with Crippen LogP contribution >= 0.6 is 11.6 Å². The maximum absolute atomic E-state index is 13.9. The molecule has 0 bridgehead atoms. The highest BCUT2D eigenvalue weighted by molar-refractivity contribution is 6.32. The lowest BCUT2D eigenvalue weighted by Gasteiger charge is -2.25.